The van der Waals surface area contributed by atoms with Crippen LogP contribution in [0.3, 0.4) is 0 Å². The third-order valence-corrected chi connectivity index (χ3v) is 4.94. The Balaban J connectivity index is 3.04. The highest BCUT2D eigenvalue weighted by molar-refractivity contribution is 5.90. The summed E-state index contributed by atoms with van der Waals surface area (Å²) in [6, 6.07) is 6.48. The van der Waals surface area contributed by atoms with Crippen LogP contribution in [0.5, 0.6) is 0 Å². The molecule has 0 aromatic heterocycles. The molecule has 0 aliphatic rings. The Morgan fingerprint density at radius 3 is 1.59 bits per heavy atom. The number of esters is 3. The SMILES string of the molecule is CC(C)(C)OC(=O)CC[C@H](NC(=O)OCc1ccccc1)C(=O)N[C@@H](CCC(=O)OC(C)(C)C)C(=O)OC(C)(C)C. The molecule has 230 valence electrons. The van der Waals surface area contributed by atoms with Gasteiger partial charge in [0.05, 0.1) is 0 Å². The van der Waals surface area contributed by atoms with E-state index >= 15 is 0 Å². The smallest absolute Gasteiger partial charge is 0.408 e. The highest BCUT2D eigenvalue weighted by Crippen LogP contribution is 2.15. The maximum Gasteiger partial charge on any atom is 0.408 e. The van der Waals surface area contributed by atoms with Crippen molar-refractivity contribution in [2.24, 2.45) is 0 Å². The molecular formula is C30H46N2O9. The maximum atomic E-state index is 13.3. The molecule has 0 spiro atoms. The van der Waals surface area contributed by atoms with Crippen molar-refractivity contribution in [3.8, 4) is 0 Å². The lowest BCUT2D eigenvalue weighted by atomic mass is 10.1. The molecule has 2 atom stereocenters. The van der Waals surface area contributed by atoms with Gasteiger partial charge < -0.3 is 29.6 Å². The molecule has 0 fully saturated rings. The summed E-state index contributed by atoms with van der Waals surface area (Å²) in [5.41, 5.74) is -1.58. The first-order valence-corrected chi connectivity index (χ1v) is 13.7. The fourth-order valence-corrected chi connectivity index (χ4v) is 3.38. The summed E-state index contributed by atoms with van der Waals surface area (Å²) in [6.45, 7) is 15.3. The summed E-state index contributed by atoms with van der Waals surface area (Å²) >= 11 is 0. The molecule has 0 unspecified atom stereocenters. The van der Waals surface area contributed by atoms with E-state index in [0.29, 0.717) is 0 Å². The number of ether oxygens (including phenoxy) is 4. The zero-order chi connectivity index (χ0) is 31.4. The van der Waals surface area contributed by atoms with E-state index in [0.717, 1.165) is 5.56 Å². The van der Waals surface area contributed by atoms with Gasteiger partial charge in [0.15, 0.2) is 0 Å². The molecule has 2 N–H and O–H groups in total. The minimum absolute atomic E-state index is 0.0382. The van der Waals surface area contributed by atoms with Crippen molar-refractivity contribution in [3.63, 3.8) is 0 Å². The Morgan fingerprint density at radius 1 is 0.659 bits per heavy atom. The Morgan fingerprint density at radius 2 is 1.12 bits per heavy atom. The van der Waals surface area contributed by atoms with Crippen LogP contribution in [0.1, 0.15) is 93.6 Å². The monoisotopic (exact) mass is 578 g/mol. The van der Waals surface area contributed by atoms with Crippen molar-refractivity contribution in [2.45, 2.75) is 123 Å². The summed E-state index contributed by atoms with van der Waals surface area (Å²) in [6.07, 6.45) is -1.48. The van der Waals surface area contributed by atoms with Crippen LogP contribution in [0.25, 0.3) is 0 Å². The second-order valence-electron chi connectivity index (χ2n) is 12.6. The van der Waals surface area contributed by atoms with Gasteiger partial charge >= 0.3 is 24.0 Å². The van der Waals surface area contributed by atoms with Crippen molar-refractivity contribution < 1.29 is 42.9 Å². The number of hydrogen-bond acceptors (Lipinski definition) is 9. The molecule has 0 saturated carbocycles. The summed E-state index contributed by atoms with van der Waals surface area (Å²) in [5.74, 6) is -2.63. The average molecular weight is 579 g/mol. The lowest BCUT2D eigenvalue weighted by Crippen LogP contribution is -2.53. The van der Waals surface area contributed by atoms with Crippen molar-refractivity contribution in [2.75, 3.05) is 0 Å². The van der Waals surface area contributed by atoms with Crippen LogP contribution in [-0.4, -0.2) is 58.8 Å². The maximum absolute atomic E-state index is 13.3. The van der Waals surface area contributed by atoms with E-state index in [-0.39, 0.29) is 32.3 Å². The molecule has 1 aromatic rings. The second kappa shape index (κ2) is 15.4. The summed E-state index contributed by atoms with van der Waals surface area (Å²) < 4.78 is 21.3. The predicted octanol–water partition coefficient (Wildman–Crippen LogP) is 4.35. The van der Waals surface area contributed by atoms with Crippen LogP contribution in [0.4, 0.5) is 4.79 Å². The zero-order valence-corrected chi connectivity index (χ0v) is 25.8. The van der Waals surface area contributed by atoms with Gasteiger partial charge in [-0.25, -0.2) is 9.59 Å². The topological polar surface area (TPSA) is 146 Å². The molecular weight excluding hydrogens is 532 g/mol. The molecule has 0 bridgehead atoms. The van der Waals surface area contributed by atoms with E-state index in [2.05, 4.69) is 10.6 Å². The minimum Gasteiger partial charge on any atom is -0.460 e. The number of benzene rings is 1. The van der Waals surface area contributed by atoms with Gasteiger partial charge in [-0.15, -0.1) is 0 Å². The molecule has 11 heteroatoms. The van der Waals surface area contributed by atoms with Crippen LogP contribution in [0, 0.1) is 0 Å². The van der Waals surface area contributed by atoms with Gasteiger partial charge in [-0.3, -0.25) is 14.4 Å². The van der Waals surface area contributed by atoms with Crippen molar-refractivity contribution in [1.82, 2.24) is 10.6 Å². The molecule has 2 amide bonds. The summed E-state index contributed by atoms with van der Waals surface area (Å²) in [7, 11) is 0. The number of alkyl carbamates (subject to hydrolysis) is 1. The molecule has 0 aliphatic heterocycles. The van der Waals surface area contributed by atoms with E-state index < -0.39 is 58.8 Å². The van der Waals surface area contributed by atoms with Crippen LogP contribution >= 0.6 is 0 Å². The lowest BCUT2D eigenvalue weighted by molar-refractivity contribution is -0.160. The Labute approximate surface area is 243 Å². The zero-order valence-electron chi connectivity index (χ0n) is 25.8. The van der Waals surface area contributed by atoms with Crippen molar-refractivity contribution >= 4 is 29.9 Å². The van der Waals surface area contributed by atoms with E-state index in [1.807, 2.05) is 6.07 Å². The third kappa shape index (κ3) is 16.9. The van der Waals surface area contributed by atoms with Crippen LogP contribution in [0.15, 0.2) is 30.3 Å². The van der Waals surface area contributed by atoms with E-state index in [9.17, 15) is 24.0 Å². The highest BCUT2D eigenvalue weighted by Gasteiger charge is 2.32. The van der Waals surface area contributed by atoms with Crippen LogP contribution < -0.4 is 10.6 Å². The molecule has 1 aromatic carbocycles. The average Bonchev–Trinajstić information content (AvgIpc) is 2.80. The largest absolute Gasteiger partial charge is 0.460 e. The van der Waals surface area contributed by atoms with Crippen LogP contribution in [-0.2, 0) is 44.7 Å². The first-order valence-electron chi connectivity index (χ1n) is 13.7. The predicted molar refractivity (Wildman–Crippen MR) is 151 cm³/mol. The Kier molecular flexibility index (Phi) is 13.3. The van der Waals surface area contributed by atoms with Gasteiger partial charge in [-0.2, -0.15) is 0 Å². The highest BCUT2D eigenvalue weighted by atomic mass is 16.6. The fraction of sp³-hybridized carbons (Fsp3) is 0.633. The number of carbonyl (C=O) groups excluding carboxylic acids is 5. The number of hydrogen-bond donors (Lipinski definition) is 2. The second-order valence-corrected chi connectivity index (χ2v) is 12.6. The number of rotatable bonds is 12. The molecule has 11 nitrogen and oxygen atoms in total. The fourth-order valence-electron chi connectivity index (χ4n) is 3.38. The molecule has 0 saturated heterocycles. The molecule has 41 heavy (non-hydrogen) atoms. The first-order chi connectivity index (χ1) is 18.7. The Bertz CT molecular complexity index is 1030. The molecule has 0 heterocycles. The quantitative estimate of drug-likeness (QED) is 0.273. The standard InChI is InChI=1S/C30H46N2O9/c1-28(2,3)39-23(33)17-15-21(32-27(37)38-19-20-13-11-10-12-14-20)25(35)31-22(26(36)41-30(7,8)9)16-18-24(34)40-29(4,5)6/h10-14,21-22H,15-19H2,1-9H3,(H,31,35)(H,32,37)/t21-,22-/m0/s1. The lowest BCUT2D eigenvalue weighted by Gasteiger charge is -2.27. The van der Waals surface area contributed by atoms with Gasteiger partial charge in [-0.05, 0) is 80.7 Å². The minimum atomic E-state index is -1.25. The van der Waals surface area contributed by atoms with Gasteiger partial charge in [-0.1, -0.05) is 30.3 Å². The summed E-state index contributed by atoms with van der Waals surface area (Å²) in [4.78, 5) is 63.5. The van der Waals surface area contributed by atoms with Crippen LogP contribution in [0.2, 0.25) is 0 Å². The molecule has 1 rings (SSSR count). The third-order valence-electron chi connectivity index (χ3n) is 4.94. The number of carbonyl (C=O) groups is 5. The van der Waals surface area contributed by atoms with Gasteiger partial charge in [0.2, 0.25) is 5.91 Å². The van der Waals surface area contributed by atoms with E-state index in [4.69, 9.17) is 18.9 Å². The van der Waals surface area contributed by atoms with E-state index in [1.54, 1.807) is 86.6 Å². The molecule has 0 radical (unpaired) electrons. The van der Waals surface area contributed by atoms with E-state index in [1.165, 1.54) is 0 Å². The van der Waals surface area contributed by atoms with Gasteiger partial charge in [0.25, 0.3) is 0 Å². The van der Waals surface area contributed by atoms with Crippen molar-refractivity contribution in [3.05, 3.63) is 35.9 Å². The van der Waals surface area contributed by atoms with Gasteiger partial charge in [0.1, 0.15) is 35.5 Å². The Hall–Kier alpha value is -3.63. The number of nitrogens with one attached hydrogen (secondary N) is 2. The normalized spacial score (nSPS) is 13.3. The molecule has 0 aliphatic carbocycles. The van der Waals surface area contributed by atoms with Gasteiger partial charge in [0, 0.05) is 12.8 Å². The number of amides is 2. The first kappa shape index (κ1) is 35.4. The summed E-state index contributed by atoms with van der Waals surface area (Å²) in [5, 5.41) is 5.03. The van der Waals surface area contributed by atoms with Crippen molar-refractivity contribution in [1.29, 1.82) is 0 Å².